The number of rotatable bonds is 3. The van der Waals surface area contributed by atoms with Crippen molar-refractivity contribution >= 4 is 11.6 Å². The van der Waals surface area contributed by atoms with E-state index in [-0.39, 0.29) is 12.5 Å². The van der Waals surface area contributed by atoms with Crippen molar-refractivity contribution < 1.29 is 28.8 Å². The van der Waals surface area contributed by atoms with Crippen LogP contribution < -0.4 is 18.9 Å². The highest BCUT2D eigenvalue weighted by Gasteiger charge is 2.28. The molecule has 0 unspecified atom stereocenters. The molecular formula is C18H16O6. The van der Waals surface area contributed by atoms with Gasteiger partial charge in [-0.3, -0.25) is 0 Å². The Morgan fingerprint density at radius 3 is 2.58 bits per heavy atom. The lowest BCUT2D eigenvalue weighted by Crippen LogP contribution is -2.24. The first-order valence-electron chi connectivity index (χ1n) is 7.41. The highest BCUT2D eigenvalue weighted by atomic mass is 16.7. The zero-order chi connectivity index (χ0) is 16.7. The van der Waals surface area contributed by atoms with Gasteiger partial charge in [0.2, 0.25) is 13.1 Å². The van der Waals surface area contributed by atoms with E-state index in [0.717, 1.165) is 16.7 Å². The van der Waals surface area contributed by atoms with Crippen LogP contribution in [0.3, 0.4) is 0 Å². The van der Waals surface area contributed by atoms with Crippen LogP contribution in [0.2, 0.25) is 0 Å². The van der Waals surface area contributed by atoms with E-state index in [4.69, 9.17) is 23.7 Å². The molecule has 2 aromatic rings. The largest absolute Gasteiger partial charge is 0.508 e. The first-order valence-corrected chi connectivity index (χ1v) is 7.41. The van der Waals surface area contributed by atoms with Crippen molar-refractivity contribution in [1.82, 2.24) is 0 Å². The lowest BCUT2D eigenvalue weighted by molar-refractivity contribution is -0.00917. The summed E-state index contributed by atoms with van der Waals surface area (Å²) in [5.74, 6) is 2.63. The average Bonchev–Trinajstić information content (AvgIpc) is 3.06. The second-order valence-electron chi connectivity index (χ2n) is 5.41. The predicted molar refractivity (Wildman–Crippen MR) is 86.5 cm³/mol. The molecule has 1 atom stereocenters. The van der Waals surface area contributed by atoms with Gasteiger partial charge in [0.05, 0.1) is 7.11 Å². The highest BCUT2D eigenvalue weighted by molar-refractivity contribution is 5.89. The monoisotopic (exact) mass is 328 g/mol. The third-order valence-electron chi connectivity index (χ3n) is 4.02. The van der Waals surface area contributed by atoms with Gasteiger partial charge in [0.15, 0.2) is 11.5 Å². The van der Waals surface area contributed by atoms with E-state index in [9.17, 15) is 5.11 Å². The van der Waals surface area contributed by atoms with E-state index in [1.165, 1.54) is 0 Å². The van der Waals surface area contributed by atoms with Crippen LogP contribution in [0, 0.1) is 0 Å². The van der Waals surface area contributed by atoms with Gasteiger partial charge in [0.25, 0.3) is 0 Å². The number of aromatic hydroxyl groups is 1. The second kappa shape index (κ2) is 5.65. The number of phenols is 1. The molecule has 0 fully saturated rings. The molecule has 6 nitrogen and oxygen atoms in total. The molecule has 6 heteroatoms. The van der Waals surface area contributed by atoms with E-state index in [1.807, 2.05) is 12.1 Å². The third-order valence-corrected chi connectivity index (χ3v) is 4.02. The molecule has 0 aliphatic carbocycles. The minimum absolute atomic E-state index is 0.140. The number of ether oxygens (including phenoxy) is 5. The Balaban J connectivity index is 1.86. The number of fused-ring (bicyclic) bond motifs is 2. The van der Waals surface area contributed by atoms with Crippen molar-refractivity contribution in [3.8, 4) is 28.7 Å². The van der Waals surface area contributed by atoms with E-state index < -0.39 is 6.29 Å². The molecule has 0 radical (unpaired) electrons. The maximum atomic E-state index is 9.63. The Kier molecular flexibility index (Phi) is 3.46. The fourth-order valence-electron chi connectivity index (χ4n) is 2.86. The van der Waals surface area contributed by atoms with Crippen molar-refractivity contribution in [2.45, 2.75) is 6.29 Å². The molecule has 0 aromatic heterocycles. The van der Waals surface area contributed by atoms with Gasteiger partial charge in [0.1, 0.15) is 17.2 Å². The van der Waals surface area contributed by atoms with Gasteiger partial charge < -0.3 is 28.8 Å². The molecule has 0 amide bonds. The fraction of sp³-hybridized carbons (Fsp3) is 0.222. The van der Waals surface area contributed by atoms with Crippen LogP contribution in [0.4, 0.5) is 0 Å². The topological polar surface area (TPSA) is 66.4 Å². The molecule has 0 saturated heterocycles. The maximum absolute atomic E-state index is 9.63. The molecule has 1 N–H and O–H groups in total. The molecule has 2 aliphatic rings. The lowest BCUT2D eigenvalue weighted by Gasteiger charge is -2.27. The van der Waals surface area contributed by atoms with Crippen molar-refractivity contribution in [2.75, 3.05) is 21.0 Å². The Labute approximate surface area is 138 Å². The molecule has 0 saturated carbocycles. The van der Waals surface area contributed by atoms with Crippen LogP contribution in [0.1, 0.15) is 11.1 Å². The first-order chi connectivity index (χ1) is 11.7. The summed E-state index contributed by atoms with van der Waals surface area (Å²) >= 11 is 0. The van der Waals surface area contributed by atoms with Gasteiger partial charge in [-0.2, -0.15) is 0 Å². The Morgan fingerprint density at radius 2 is 1.83 bits per heavy atom. The summed E-state index contributed by atoms with van der Waals surface area (Å²) in [7, 11) is 3.16. The fourth-order valence-corrected chi connectivity index (χ4v) is 2.86. The average molecular weight is 328 g/mol. The molecule has 2 aliphatic heterocycles. The molecule has 24 heavy (non-hydrogen) atoms. The van der Waals surface area contributed by atoms with Gasteiger partial charge in [-0.05, 0) is 24.3 Å². The Hall–Kier alpha value is -2.86. The van der Waals surface area contributed by atoms with Gasteiger partial charge >= 0.3 is 0 Å². The minimum Gasteiger partial charge on any atom is -0.508 e. The van der Waals surface area contributed by atoms with E-state index in [1.54, 1.807) is 38.5 Å². The van der Waals surface area contributed by atoms with Crippen LogP contribution >= 0.6 is 0 Å². The summed E-state index contributed by atoms with van der Waals surface area (Å²) in [5.41, 5.74) is 2.44. The maximum Gasteiger partial charge on any atom is 0.231 e. The number of hydrogen-bond acceptors (Lipinski definition) is 6. The molecule has 0 spiro atoms. The SMILES string of the molecule is COc1cc2c(cc1C1=Cc3ccc(O)cc3O[C@H]1OC)OCO2. The smallest absolute Gasteiger partial charge is 0.231 e. The normalized spacial score (nSPS) is 17.8. The molecule has 2 heterocycles. The third kappa shape index (κ3) is 2.32. The predicted octanol–water partition coefficient (Wildman–Crippen LogP) is 3.04. The van der Waals surface area contributed by atoms with E-state index >= 15 is 0 Å². The van der Waals surface area contributed by atoms with Crippen LogP contribution in [0.15, 0.2) is 30.3 Å². The lowest BCUT2D eigenvalue weighted by atomic mass is 9.98. The summed E-state index contributed by atoms with van der Waals surface area (Å²) < 4.78 is 27.7. The molecule has 0 bridgehead atoms. The summed E-state index contributed by atoms with van der Waals surface area (Å²) in [6.45, 7) is 0.188. The van der Waals surface area contributed by atoms with Crippen molar-refractivity contribution in [1.29, 1.82) is 0 Å². The number of hydrogen-bond donors (Lipinski definition) is 1. The van der Waals surface area contributed by atoms with Crippen LogP contribution in [0.5, 0.6) is 28.7 Å². The van der Waals surface area contributed by atoms with Gasteiger partial charge in [0, 0.05) is 35.9 Å². The van der Waals surface area contributed by atoms with Gasteiger partial charge in [-0.15, -0.1) is 0 Å². The summed E-state index contributed by atoms with van der Waals surface area (Å²) in [6, 6.07) is 8.60. The van der Waals surface area contributed by atoms with Crippen molar-refractivity contribution in [3.05, 3.63) is 41.5 Å². The summed E-state index contributed by atoms with van der Waals surface area (Å²) in [4.78, 5) is 0. The number of phenolic OH excluding ortho intramolecular Hbond substituents is 1. The summed E-state index contributed by atoms with van der Waals surface area (Å²) in [5, 5.41) is 9.63. The standard InChI is InChI=1S/C18H16O6/c1-20-15-8-17-16(22-9-23-17)7-12(15)13-5-10-3-4-11(19)6-14(10)24-18(13)21-2/h3-8,18-19H,9H2,1-2H3/t18-/m1/s1. The zero-order valence-corrected chi connectivity index (χ0v) is 13.2. The molecular weight excluding hydrogens is 312 g/mol. The van der Waals surface area contributed by atoms with Gasteiger partial charge in [-0.25, -0.2) is 0 Å². The highest BCUT2D eigenvalue weighted by Crippen LogP contribution is 2.44. The molecule has 4 rings (SSSR count). The molecule has 2 aromatic carbocycles. The van der Waals surface area contributed by atoms with Crippen LogP contribution in [-0.4, -0.2) is 32.4 Å². The Bertz CT molecular complexity index is 826. The van der Waals surface area contributed by atoms with E-state index in [2.05, 4.69) is 0 Å². The van der Waals surface area contributed by atoms with Gasteiger partial charge in [-0.1, -0.05) is 0 Å². The first kappa shape index (κ1) is 14.7. The number of benzene rings is 2. The quantitative estimate of drug-likeness (QED) is 0.934. The van der Waals surface area contributed by atoms with Crippen molar-refractivity contribution in [3.63, 3.8) is 0 Å². The minimum atomic E-state index is -0.631. The number of methoxy groups -OCH3 is 2. The molecule has 124 valence electrons. The van der Waals surface area contributed by atoms with Crippen molar-refractivity contribution in [2.24, 2.45) is 0 Å². The van der Waals surface area contributed by atoms with E-state index in [0.29, 0.717) is 23.0 Å². The van der Waals surface area contributed by atoms with Crippen LogP contribution in [0.25, 0.3) is 11.6 Å². The van der Waals surface area contributed by atoms with Crippen LogP contribution in [-0.2, 0) is 4.74 Å². The Morgan fingerprint density at radius 1 is 1.04 bits per heavy atom. The summed E-state index contributed by atoms with van der Waals surface area (Å²) in [6.07, 6.45) is 1.32. The zero-order valence-electron chi connectivity index (χ0n) is 13.2. The second-order valence-corrected chi connectivity index (χ2v) is 5.41.